The van der Waals surface area contributed by atoms with E-state index in [9.17, 15) is 29.6 Å². The fourth-order valence-corrected chi connectivity index (χ4v) is 6.98. The number of nitrogens with zero attached hydrogens (tertiary/aromatic N) is 5. The Labute approximate surface area is 326 Å². The number of fused-ring (bicyclic) bond motifs is 1. The summed E-state index contributed by atoms with van der Waals surface area (Å²) >= 11 is 0. The number of anilines is 3. The molecule has 0 spiro atoms. The Kier molecular flexibility index (Phi) is 12.6. The highest BCUT2D eigenvalue weighted by Gasteiger charge is 2.32. The molecule has 3 N–H and O–H groups in total. The van der Waals surface area contributed by atoms with Gasteiger partial charge in [0.05, 0.1) is 40.1 Å². The monoisotopic (exact) mass is 757 g/mol. The fourth-order valence-electron chi connectivity index (χ4n) is 6.98. The molecule has 13 heteroatoms. The topological polar surface area (TPSA) is 163 Å². The molecule has 290 valence electrons. The van der Waals surface area contributed by atoms with Gasteiger partial charge >= 0.3 is 0 Å². The van der Waals surface area contributed by atoms with Gasteiger partial charge < -0.3 is 25.5 Å². The van der Waals surface area contributed by atoms with E-state index in [2.05, 4.69) is 24.5 Å². The normalized spacial score (nSPS) is 13.5. The minimum absolute atomic E-state index is 0.142. The molecule has 0 unspecified atom stereocenters. The number of nitro benzene ring substituents is 1. The number of benzene rings is 4. The number of rotatable bonds is 15. The molecule has 6 rings (SSSR count). The maximum atomic E-state index is 14.7. The fraction of sp³-hybridized carbons (Fsp3) is 0.302. The number of unbranched alkanes of at least 4 members (excludes halogenated alkanes) is 2. The highest BCUT2D eigenvalue weighted by molar-refractivity contribution is 6.09. The van der Waals surface area contributed by atoms with Gasteiger partial charge in [0.1, 0.15) is 5.69 Å². The van der Waals surface area contributed by atoms with Crippen molar-refractivity contribution in [2.75, 3.05) is 30.3 Å². The van der Waals surface area contributed by atoms with Crippen LogP contribution >= 0.6 is 0 Å². The van der Waals surface area contributed by atoms with Crippen LogP contribution in [0, 0.1) is 17.0 Å². The van der Waals surface area contributed by atoms with E-state index in [4.69, 9.17) is 5.10 Å². The molecule has 2 heterocycles. The second-order valence-electron chi connectivity index (χ2n) is 14.0. The predicted octanol–water partition coefficient (Wildman–Crippen LogP) is 7.69. The third-order valence-electron chi connectivity index (χ3n) is 10.0. The minimum Gasteiger partial charge on any atom is -0.394 e. The number of nitrogens with one attached hydrogen (secondary N) is 2. The van der Waals surface area contributed by atoms with E-state index in [-0.39, 0.29) is 53.2 Å². The number of aliphatic hydroxyl groups is 1. The van der Waals surface area contributed by atoms with Crippen molar-refractivity contribution in [3.63, 3.8) is 0 Å². The molecule has 1 atom stereocenters. The van der Waals surface area contributed by atoms with Crippen LogP contribution in [0.1, 0.15) is 87.6 Å². The van der Waals surface area contributed by atoms with E-state index in [1.54, 1.807) is 76.3 Å². The standard InChI is InChI=1S/C43H47N7O6/c1-4-6-22-47(23-7-5-2)43(54)38-24-29(3)49(46-38)39-21-20-32(26-35(39)42(53)48-27-31-15-9-8-14-30(31)25-33(48)28-51)44-41(52)34-16-10-11-17-36(34)45-37-18-12-13-19-40(37)50(55)56/h8-21,24,26,33,45,51H,4-7,22-23,25,27-28H2,1-3H3,(H,44,52)/t33-/m0/s1. The summed E-state index contributed by atoms with van der Waals surface area (Å²) < 4.78 is 1.59. The van der Waals surface area contributed by atoms with Gasteiger partial charge in [0.25, 0.3) is 23.4 Å². The summed E-state index contributed by atoms with van der Waals surface area (Å²) in [6.45, 7) is 7.27. The first kappa shape index (κ1) is 39.4. The highest BCUT2D eigenvalue weighted by atomic mass is 16.6. The van der Waals surface area contributed by atoms with Crippen molar-refractivity contribution < 1.29 is 24.4 Å². The van der Waals surface area contributed by atoms with Gasteiger partial charge in [-0.3, -0.25) is 24.5 Å². The lowest BCUT2D eigenvalue weighted by Crippen LogP contribution is -2.46. The van der Waals surface area contributed by atoms with Gasteiger partial charge in [-0.05, 0) is 79.8 Å². The van der Waals surface area contributed by atoms with Crippen molar-refractivity contribution in [1.82, 2.24) is 19.6 Å². The molecular formula is C43H47N7O6. The first-order valence-corrected chi connectivity index (χ1v) is 19.0. The second kappa shape index (κ2) is 17.9. The molecule has 1 aromatic heterocycles. The lowest BCUT2D eigenvalue weighted by molar-refractivity contribution is -0.383. The molecule has 0 saturated heterocycles. The van der Waals surface area contributed by atoms with E-state index < -0.39 is 16.9 Å². The molecule has 3 amide bonds. The average Bonchev–Trinajstić information content (AvgIpc) is 3.61. The van der Waals surface area contributed by atoms with Crippen LogP contribution in [-0.4, -0.2) is 73.1 Å². The Morgan fingerprint density at radius 3 is 2.23 bits per heavy atom. The minimum atomic E-state index is -0.514. The summed E-state index contributed by atoms with van der Waals surface area (Å²) in [6.07, 6.45) is 4.12. The van der Waals surface area contributed by atoms with Crippen LogP contribution in [0.4, 0.5) is 22.7 Å². The number of hydrogen-bond donors (Lipinski definition) is 3. The van der Waals surface area contributed by atoms with Crippen LogP contribution < -0.4 is 10.6 Å². The lowest BCUT2D eigenvalue weighted by Gasteiger charge is -2.36. The van der Waals surface area contributed by atoms with Gasteiger partial charge in [0.2, 0.25) is 0 Å². The summed E-state index contributed by atoms with van der Waals surface area (Å²) in [5.74, 6) is -1.06. The SMILES string of the molecule is CCCCN(CCCC)C(=O)c1cc(C)n(-c2ccc(NC(=O)c3ccccc3Nc3ccccc3[N+](=O)[O-])cc2C(=O)N2Cc3ccccc3C[C@H]2CO)n1. The molecule has 0 fully saturated rings. The summed E-state index contributed by atoms with van der Waals surface area (Å²) in [4.78, 5) is 57.1. The van der Waals surface area contributed by atoms with Crippen LogP contribution in [0.3, 0.4) is 0 Å². The number of carbonyl (C=O) groups is 3. The Morgan fingerprint density at radius 1 is 0.875 bits per heavy atom. The van der Waals surface area contributed by atoms with E-state index in [1.165, 1.54) is 6.07 Å². The molecule has 1 aliphatic heterocycles. The van der Waals surface area contributed by atoms with Crippen molar-refractivity contribution in [3.05, 3.63) is 141 Å². The van der Waals surface area contributed by atoms with Gasteiger partial charge in [-0.1, -0.05) is 75.2 Å². The van der Waals surface area contributed by atoms with Gasteiger partial charge in [-0.15, -0.1) is 0 Å². The Bertz CT molecular complexity index is 2230. The van der Waals surface area contributed by atoms with E-state index in [0.717, 1.165) is 36.8 Å². The van der Waals surface area contributed by atoms with E-state index in [0.29, 0.717) is 42.3 Å². The zero-order chi connectivity index (χ0) is 39.8. The quantitative estimate of drug-likeness (QED) is 0.0723. The molecule has 4 aromatic carbocycles. The first-order valence-electron chi connectivity index (χ1n) is 19.0. The molecular weight excluding hydrogens is 711 g/mol. The summed E-state index contributed by atoms with van der Waals surface area (Å²) in [5.41, 5.74) is 4.53. The number of carbonyl (C=O) groups excluding carboxylic acids is 3. The molecule has 0 aliphatic carbocycles. The number of amides is 3. The first-order chi connectivity index (χ1) is 27.1. The number of aliphatic hydroxyl groups excluding tert-OH is 1. The zero-order valence-electron chi connectivity index (χ0n) is 31.9. The van der Waals surface area contributed by atoms with Crippen molar-refractivity contribution in [2.24, 2.45) is 0 Å². The van der Waals surface area contributed by atoms with Gasteiger partial charge in [-0.25, -0.2) is 4.68 Å². The molecule has 0 bridgehead atoms. The van der Waals surface area contributed by atoms with Crippen molar-refractivity contribution in [2.45, 2.75) is 65.5 Å². The van der Waals surface area contributed by atoms with Gasteiger partial charge in [0.15, 0.2) is 5.69 Å². The maximum Gasteiger partial charge on any atom is 0.292 e. The van der Waals surface area contributed by atoms with Crippen molar-refractivity contribution in [1.29, 1.82) is 0 Å². The summed E-state index contributed by atoms with van der Waals surface area (Å²) in [6, 6.07) is 26.8. The largest absolute Gasteiger partial charge is 0.394 e. The summed E-state index contributed by atoms with van der Waals surface area (Å²) in [5, 5.41) is 32.8. The lowest BCUT2D eigenvalue weighted by atomic mass is 9.93. The van der Waals surface area contributed by atoms with Crippen molar-refractivity contribution in [3.8, 4) is 5.69 Å². The van der Waals surface area contributed by atoms with Gasteiger partial charge in [0, 0.05) is 37.1 Å². The third-order valence-corrected chi connectivity index (χ3v) is 10.0. The van der Waals surface area contributed by atoms with Crippen LogP contribution in [0.15, 0.2) is 97.1 Å². The Hall–Kier alpha value is -6.34. The summed E-state index contributed by atoms with van der Waals surface area (Å²) in [7, 11) is 0. The zero-order valence-corrected chi connectivity index (χ0v) is 31.9. The van der Waals surface area contributed by atoms with Crippen LogP contribution in [0.5, 0.6) is 0 Å². The Balaban J connectivity index is 1.37. The van der Waals surface area contributed by atoms with Crippen LogP contribution in [0.25, 0.3) is 5.69 Å². The molecule has 5 aromatic rings. The molecule has 13 nitrogen and oxygen atoms in total. The number of aryl methyl sites for hydroxylation is 1. The number of nitro groups is 1. The second-order valence-corrected chi connectivity index (χ2v) is 14.0. The number of hydrogen-bond acceptors (Lipinski definition) is 8. The predicted molar refractivity (Wildman–Crippen MR) is 216 cm³/mol. The van der Waals surface area contributed by atoms with Crippen LogP contribution in [-0.2, 0) is 13.0 Å². The van der Waals surface area contributed by atoms with Gasteiger partial charge in [-0.2, -0.15) is 5.10 Å². The average molecular weight is 758 g/mol. The third kappa shape index (κ3) is 8.63. The number of para-hydroxylation sites is 3. The molecule has 0 radical (unpaired) electrons. The Morgan fingerprint density at radius 2 is 1.54 bits per heavy atom. The molecule has 1 aliphatic rings. The van der Waals surface area contributed by atoms with Crippen LogP contribution in [0.2, 0.25) is 0 Å². The van der Waals surface area contributed by atoms with Crippen molar-refractivity contribution >= 4 is 40.5 Å². The molecule has 0 saturated carbocycles. The van der Waals surface area contributed by atoms with E-state index in [1.807, 2.05) is 36.1 Å². The van der Waals surface area contributed by atoms with E-state index >= 15 is 0 Å². The highest BCUT2D eigenvalue weighted by Crippen LogP contribution is 2.31. The maximum absolute atomic E-state index is 14.7. The molecule has 56 heavy (non-hydrogen) atoms. The number of aromatic nitrogens is 2. The smallest absolute Gasteiger partial charge is 0.292 e.